The van der Waals surface area contributed by atoms with Crippen LogP contribution in [0.5, 0.6) is 0 Å². The molecule has 1 N–H and O–H groups in total. The summed E-state index contributed by atoms with van der Waals surface area (Å²) >= 11 is 0. The summed E-state index contributed by atoms with van der Waals surface area (Å²) in [5.41, 5.74) is 1.93. The van der Waals surface area contributed by atoms with Gasteiger partial charge in [0.1, 0.15) is 0 Å². The molecule has 1 aliphatic rings. The lowest BCUT2D eigenvalue weighted by molar-refractivity contribution is -0.135. The van der Waals surface area contributed by atoms with Crippen molar-refractivity contribution in [1.29, 1.82) is 0 Å². The van der Waals surface area contributed by atoms with E-state index in [1.807, 2.05) is 6.92 Å². The molecule has 0 saturated carbocycles. The number of carbonyl (C=O) groups excluding carboxylic acids is 2. The molecular formula is C21H24N2O6S. The van der Waals surface area contributed by atoms with Gasteiger partial charge in [-0.05, 0) is 36.8 Å². The first kappa shape index (κ1) is 21.9. The van der Waals surface area contributed by atoms with E-state index >= 15 is 0 Å². The van der Waals surface area contributed by atoms with Crippen molar-refractivity contribution >= 4 is 21.9 Å². The molecule has 160 valence electrons. The highest BCUT2D eigenvalue weighted by molar-refractivity contribution is 7.89. The minimum atomic E-state index is -3.60. The predicted molar refractivity (Wildman–Crippen MR) is 109 cm³/mol. The van der Waals surface area contributed by atoms with Gasteiger partial charge in [-0.15, -0.1) is 0 Å². The Morgan fingerprint density at radius 2 is 1.57 bits per heavy atom. The van der Waals surface area contributed by atoms with E-state index in [9.17, 15) is 18.0 Å². The Morgan fingerprint density at radius 3 is 2.13 bits per heavy atom. The number of rotatable bonds is 6. The Labute approximate surface area is 175 Å². The van der Waals surface area contributed by atoms with Gasteiger partial charge in [0.2, 0.25) is 10.0 Å². The average molecular weight is 432 g/mol. The minimum Gasteiger partial charge on any atom is -0.452 e. The van der Waals surface area contributed by atoms with Gasteiger partial charge in [-0.3, -0.25) is 4.79 Å². The van der Waals surface area contributed by atoms with Crippen molar-refractivity contribution in [3.8, 4) is 0 Å². The second kappa shape index (κ2) is 9.38. The summed E-state index contributed by atoms with van der Waals surface area (Å²) in [6.45, 7) is 2.17. The van der Waals surface area contributed by atoms with E-state index in [-0.39, 0.29) is 49.2 Å². The predicted octanol–water partition coefficient (Wildman–Crippen LogP) is 1.18. The summed E-state index contributed by atoms with van der Waals surface area (Å²) in [6.07, 6.45) is 0. The number of benzene rings is 2. The van der Waals surface area contributed by atoms with Crippen LogP contribution in [0.1, 0.15) is 21.5 Å². The first-order chi connectivity index (χ1) is 14.3. The molecule has 1 heterocycles. The molecule has 2 aromatic carbocycles. The van der Waals surface area contributed by atoms with Crippen LogP contribution < -0.4 is 0 Å². The molecule has 0 aromatic heterocycles. The van der Waals surface area contributed by atoms with Gasteiger partial charge in [-0.2, -0.15) is 4.31 Å². The molecule has 0 spiro atoms. The molecule has 1 aliphatic heterocycles. The van der Waals surface area contributed by atoms with Gasteiger partial charge in [-0.25, -0.2) is 13.2 Å². The van der Waals surface area contributed by atoms with Gasteiger partial charge in [0.25, 0.3) is 5.91 Å². The normalized spacial score (nSPS) is 15.1. The summed E-state index contributed by atoms with van der Waals surface area (Å²) in [5, 5.41) is 9.02. The Balaban J connectivity index is 1.51. The number of aliphatic hydroxyl groups excluding tert-OH is 1. The van der Waals surface area contributed by atoms with Gasteiger partial charge in [0.15, 0.2) is 6.61 Å². The molecule has 0 radical (unpaired) electrons. The molecule has 30 heavy (non-hydrogen) atoms. The van der Waals surface area contributed by atoms with Crippen molar-refractivity contribution in [2.45, 2.75) is 18.4 Å². The molecule has 0 atom stereocenters. The number of carbonyl (C=O) groups is 2. The Kier molecular flexibility index (Phi) is 6.86. The maximum Gasteiger partial charge on any atom is 0.338 e. The van der Waals surface area contributed by atoms with Gasteiger partial charge in [0, 0.05) is 26.2 Å². The van der Waals surface area contributed by atoms with E-state index < -0.39 is 22.6 Å². The SMILES string of the molecule is Cc1ccc(S(=O)(=O)N2CCN(C(=O)COC(=O)c3ccc(CO)cc3)CC2)cc1. The van der Waals surface area contributed by atoms with Crippen LogP contribution in [0.3, 0.4) is 0 Å². The Hall–Kier alpha value is -2.75. The third kappa shape index (κ3) is 5.05. The van der Waals surface area contributed by atoms with Crippen LogP contribution in [0.25, 0.3) is 0 Å². The average Bonchev–Trinajstić information content (AvgIpc) is 2.77. The van der Waals surface area contributed by atoms with Crippen LogP contribution in [0.4, 0.5) is 0 Å². The van der Waals surface area contributed by atoms with Crippen LogP contribution >= 0.6 is 0 Å². The monoisotopic (exact) mass is 432 g/mol. The number of amides is 1. The highest BCUT2D eigenvalue weighted by Crippen LogP contribution is 2.18. The standard InChI is InChI=1S/C21H24N2O6S/c1-16-2-8-19(9-3-16)30(27,28)23-12-10-22(11-13-23)20(25)15-29-21(26)18-6-4-17(14-24)5-7-18/h2-9,24H,10-15H2,1H3. The van der Waals surface area contributed by atoms with Gasteiger partial charge >= 0.3 is 5.97 Å². The first-order valence-corrected chi connectivity index (χ1v) is 11.0. The van der Waals surface area contributed by atoms with Crippen molar-refractivity contribution in [2.24, 2.45) is 0 Å². The fourth-order valence-electron chi connectivity index (χ4n) is 3.09. The van der Waals surface area contributed by atoms with Crippen LogP contribution in [0.2, 0.25) is 0 Å². The van der Waals surface area contributed by atoms with E-state index in [4.69, 9.17) is 9.84 Å². The van der Waals surface area contributed by atoms with Crippen LogP contribution in [0, 0.1) is 6.92 Å². The molecular weight excluding hydrogens is 408 g/mol. The summed E-state index contributed by atoms with van der Waals surface area (Å²) in [4.78, 5) is 26.1. The lowest BCUT2D eigenvalue weighted by Crippen LogP contribution is -2.51. The van der Waals surface area contributed by atoms with Gasteiger partial charge in [-0.1, -0.05) is 29.8 Å². The second-order valence-electron chi connectivity index (χ2n) is 7.03. The summed E-state index contributed by atoms with van der Waals surface area (Å²) in [6, 6.07) is 12.9. The molecule has 9 heteroatoms. The first-order valence-electron chi connectivity index (χ1n) is 9.53. The zero-order valence-electron chi connectivity index (χ0n) is 16.7. The van der Waals surface area contributed by atoms with Crippen molar-refractivity contribution in [3.05, 3.63) is 65.2 Å². The molecule has 1 amide bonds. The number of aryl methyl sites for hydroxylation is 1. The van der Waals surface area contributed by atoms with Gasteiger partial charge in [0.05, 0.1) is 17.1 Å². The summed E-state index contributed by atoms with van der Waals surface area (Å²) < 4.78 is 31.9. The number of piperazine rings is 1. The van der Waals surface area contributed by atoms with E-state index in [0.29, 0.717) is 5.56 Å². The minimum absolute atomic E-state index is 0.126. The highest BCUT2D eigenvalue weighted by atomic mass is 32.2. The van der Waals surface area contributed by atoms with E-state index in [2.05, 4.69) is 0 Å². The van der Waals surface area contributed by atoms with Crippen molar-refractivity contribution in [1.82, 2.24) is 9.21 Å². The lowest BCUT2D eigenvalue weighted by atomic mass is 10.1. The number of hydrogen-bond acceptors (Lipinski definition) is 6. The van der Waals surface area contributed by atoms with E-state index in [1.165, 1.54) is 21.3 Å². The maximum absolute atomic E-state index is 12.7. The topological polar surface area (TPSA) is 104 Å². The number of aliphatic hydroxyl groups is 1. The quantitative estimate of drug-likeness (QED) is 0.688. The smallest absolute Gasteiger partial charge is 0.338 e. The molecule has 0 aliphatic carbocycles. The highest BCUT2D eigenvalue weighted by Gasteiger charge is 2.30. The zero-order valence-corrected chi connectivity index (χ0v) is 17.5. The van der Waals surface area contributed by atoms with Gasteiger partial charge < -0.3 is 14.7 Å². The van der Waals surface area contributed by atoms with E-state index in [0.717, 1.165) is 5.56 Å². The number of sulfonamides is 1. The molecule has 0 unspecified atom stereocenters. The third-order valence-electron chi connectivity index (χ3n) is 4.95. The number of esters is 1. The van der Waals surface area contributed by atoms with Crippen molar-refractivity contribution in [3.63, 3.8) is 0 Å². The Morgan fingerprint density at radius 1 is 0.967 bits per heavy atom. The summed E-state index contributed by atoms with van der Waals surface area (Å²) in [7, 11) is -3.60. The largest absolute Gasteiger partial charge is 0.452 e. The second-order valence-corrected chi connectivity index (χ2v) is 8.97. The lowest BCUT2D eigenvalue weighted by Gasteiger charge is -2.33. The molecule has 1 saturated heterocycles. The fourth-order valence-corrected chi connectivity index (χ4v) is 4.51. The molecule has 1 fully saturated rings. The number of ether oxygens (including phenoxy) is 1. The van der Waals surface area contributed by atoms with Crippen LogP contribution in [-0.4, -0.2) is 67.4 Å². The number of nitrogens with zero attached hydrogens (tertiary/aromatic N) is 2. The third-order valence-corrected chi connectivity index (χ3v) is 6.86. The number of hydrogen-bond donors (Lipinski definition) is 1. The summed E-state index contributed by atoms with van der Waals surface area (Å²) in [5.74, 6) is -1.00. The van der Waals surface area contributed by atoms with Crippen molar-refractivity contribution in [2.75, 3.05) is 32.8 Å². The van der Waals surface area contributed by atoms with E-state index in [1.54, 1.807) is 36.4 Å². The Bertz CT molecular complexity index is 995. The molecule has 0 bridgehead atoms. The zero-order chi connectivity index (χ0) is 21.7. The van der Waals surface area contributed by atoms with Crippen molar-refractivity contribution < 1.29 is 27.9 Å². The molecule has 2 aromatic rings. The fraction of sp³-hybridized carbons (Fsp3) is 0.333. The van der Waals surface area contributed by atoms with Crippen LogP contribution in [-0.2, 0) is 26.2 Å². The maximum atomic E-state index is 12.7. The molecule has 3 rings (SSSR count). The van der Waals surface area contributed by atoms with Crippen LogP contribution in [0.15, 0.2) is 53.4 Å². The molecule has 8 nitrogen and oxygen atoms in total.